The third-order valence-electron chi connectivity index (χ3n) is 3.87. The van der Waals surface area contributed by atoms with Crippen molar-refractivity contribution in [2.24, 2.45) is 0 Å². The van der Waals surface area contributed by atoms with Gasteiger partial charge in [0.15, 0.2) is 0 Å². The van der Waals surface area contributed by atoms with E-state index in [1.807, 2.05) is 6.92 Å². The third kappa shape index (κ3) is 4.28. The number of amides is 1. The number of ether oxygens (including phenoxy) is 1. The quantitative estimate of drug-likeness (QED) is 0.690. The second-order valence-corrected chi connectivity index (χ2v) is 6.46. The van der Waals surface area contributed by atoms with E-state index < -0.39 is 11.8 Å². The molecule has 0 radical (unpaired) electrons. The van der Waals surface area contributed by atoms with E-state index in [1.165, 1.54) is 24.3 Å². The summed E-state index contributed by atoms with van der Waals surface area (Å²) < 4.78 is 18.3. The lowest BCUT2D eigenvalue weighted by molar-refractivity contribution is 0.0378. The number of aryl methyl sites for hydroxylation is 1. The number of carbonyl (C=O) groups is 2. The van der Waals surface area contributed by atoms with Crippen molar-refractivity contribution in [3.8, 4) is 0 Å². The molecular weight excluding hydrogens is 347 g/mol. The second-order valence-electron chi connectivity index (χ2n) is 6.46. The van der Waals surface area contributed by atoms with Crippen molar-refractivity contribution >= 4 is 28.5 Å². The molecular formula is C21H19FN2O3. The number of halogens is 1. The van der Waals surface area contributed by atoms with Crippen LogP contribution in [-0.4, -0.2) is 23.0 Å². The molecule has 0 unspecified atom stereocenters. The van der Waals surface area contributed by atoms with E-state index in [0.717, 1.165) is 5.69 Å². The van der Waals surface area contributed by atoms with E-state index in [1.54, 1.807) is 38.1 Å². The molecule has 0 saturated carbocycles. The molecule has 6 heteroatoms. The average molecular weight is 366 g/mol. The molecule has 1 N–H and O–H groups in total. The molecule has 0 bridgehead atoms. The number of esters is 1. The Labute approximate surface area is 156 Å². The summed E-state index contributed by atoms with van der Waals surface area (Å²) in [5, 5.41) is 3.43. The molecule has 5 nitrogen and oxygen atoms in total. The van der Waals surface area contributed by atoms with Crippen LogP contribution in [0.15, 0.2) is 48.5 Å². The van der Waals surface area contributed by atoms with E-state index in [-0.39, 0.29) is 12.0 Å². The molecule has 0 spiro atoms. The van der Waals surface area contributed by atoms with Crippen molar-refractivity contribution in [3.05, 3.63) is 71.2 Å². The number of hydrogen-bond acceptors (Lipinski definition) is 4. The Bertz CT molecular complexity index is 1010. The Kier molecular flexibility index (Phi) is 5.16. The Morgan fingerprint density at radius 2 is 1.70 bits per heavy atom. The SMILES string of the molecule is Cc1cc(NC(=O)c2ccc(F)cc2)c2cc(C(=O)OC(C)C)ccc2n1. The van der Waals surface area contributed by atoms with Crippen molar-refractivity contribution in [1.82, 2.24) is 4.98 Å². The number of nitrogens with one attached hydrogen (secondary N) is 1. The summed E-state index contributed by atoms with van der Waals surface area (Å²) in [5.41, 5.74) is 2.58. The smallest absolute Gasteiger partial charge is 0.338 e. The molecule has 0 atom stereocenters. The number of hydrogen-bond donors (Lipinski definition) is 1. The number of nitrogens with zero attached hydrogens (tertiary/aromatic N) is 1. The van der Waals surface area contributed by atoms with Crippen LogP contribution in [0.2, 0.25) is 0 Å². The van der Waals surface area contributed by atoms with Crippen LogP contribution in [0.1, 0.15) is 40.3 Å². The van der Waals surface area contributed by atoms with Gasteiger partial charge in [-0.3, -0.25) is 9.78 Å². The number of carbonyl (C=O) groups excluding carboxylic acids is 2. The fraction of sp³-hybridized carbons (Fsp3) is 0.190. The molecule has 0 aliphatic carbocycles. The van der Waals surface area contributed by atoms with Crippen molar-refractivity contribution in [1.29, 1.82) is 0 Å². The van der Waals surface area contributed by atoms with Gasteiger partial charge in [0.05, 0.1) is 22.9 Å². The fourth-order valence-corrected chi connectivity index (χ4v) is 2.67. The van der Waals surface area contributed by atoms with Crippen molar-refractivity contribution < 1.29 is 18.7 Å². The summed E-state index contributed by atoms with van der Waals surface area (Å²) in [7, 11) is 0. The van der Waals surface area contributed by atoms with E-state index in [9.17, 15) is 14.0 Å². The predicted molar refractivity (Wildman–Crippen MR) is 101 cm³/mol. The summed E-state index contributed by atoms with van der Waals surface area (Å²) in [4.78, 5) is 29.1. The number of rotatable bonds is 4. The van der Waals surface area contributed by atoms with E-state index in [4.69, 9.17) is 4.74 Å². The topological polar surface area (TPSA) is 68.3 Å². The van der Waals surface area contributed by atoms with Gasteiger partial charge in [-0.15, -0.1) is 0 Å². The lowest BCUT2D eigenvalue weighted by Crippen LogP contribution is -2.13. The van der Waals surface area contributed by atoms with Crippen LogP contribution >= 0.6 is 0 Å². The maximum absolute atomic E-state index is 13.1. The molecule has 0 fully saturated rings. The zero-order valence-corrected chi connectivity index (χ0v) is 15.2. The van der Waals surface area contributed by atoms with Crippen LogP contribution in [0.3, 0.4) is 0 Å². The normalized spacial score (nSPS) is 10.9. The minimum atomic E-state index is -0.441. The highest BCUT2D eigenvalue weighted by molar-refractivity contribution is 6.09. The van der Waals surface area contributed by atoms with Crippen LogP contribution < -0.4 is 5.32 Å². The molecule has 138 valence electrons. The average Bonchev–Trinajstić information content (AvgIpc) is 2.61. The van der Waals surface area contributed by atoms with Crippen molar-refractivity contribution in [2.75, 3.05) is 5.32 Å². The first-order chi connectivity index (χ1) is 12.8. The Hall–Kier alpha value is -3.28. The molecule has 0 aliphatic heterocycles. The van der Waals surface area contributed by atoms with Crippen LogP contribution in [0, 0.1) is 12.7 Å². The molecule has 0 saturated heterocycles. The van der Waals surface area contributed by atoms with Crippen molar-refractivity contribution in [3.63, 3.8) is 0 Å². The summed E-state index contributed by atoms with van der Waals surface area (Å²) in [6.07, 6.45) is -0.234. The Morgan fingerprint density at radius 3 is 2.37 bits per heavy atom. The first kappa shape index (κ1) is 18.5. The summed E-state index contributed by atoms with van der Waals surface area (Å²) in [6.45, 7) is 5.37. The standard InChI is InChI=1S/C21H19FN2O3/c1-12(2)27-21(26)15-6-9-18-17(11-15)19(10-13(3)23-18)24-20(25)14-4-7-16(22)8-5-14/h4-12H,1-3H3,(H,23,24,25). The number of anilines is 1. The molecule has 2 aromatic carbocycles. The first-order valence-corrected chi connectivity index (χ1v) is 8.53. The predicted octanol–water partition coefficient (Wildman–Crippen LogP) is 4.50. The minimum absolute atomic E-state index is 0.234. The summed E-state index contributed by atoms with van der Waals surface area (Å²) in [5.74, 6) is -1.23. The highest BCUT2D eigenvalue weighted by Crippen LogP contribution is 2.25. The van der Waals surface area contributed by atoms with Gasteiger partial charge in [0, 0.05) is 16.6 Å². The molecule has 0 aliphatic rings. The lowest BCUT2D eigenvalue weighted by Gasteiger charge is -2.12. The van der Waals surface area contributed by atoms with Gasteiger partial charge in [0.2, 0.25) is 0 Å². The minimum Gasteiger partial charge on any atom is -0.459 e. The van der Waals surface area contributed by atoms with Gasteiger partial charge < -0.3 is 10.1 Å². The number of aromatic nitrogens is 1. The van der Waals surface area contributed by atoms with Gasteiger partial charge in [0.1, 0.15) is 5.82 Å². The maximum atomic E-state index is 13.1. The zero-order valence-electron chi connectivity index (χ0n) is 15.2. The van der Waals surface area contributed by atoms with Gasteiger partial charge in [-0.25, -0.2) is 9.18 Å². The van der Waals surface area contributed by atoms with E-state index in [2.05, 4.69) is 10.3 Å². The van der Waals surface area contributed by atoms with Crippen LogP contribution in [-0.2, 0) is 4.74 Å². The Balaban J connectivity index is 1.99. The van der Waals surface area contributed by atoms with Gasteiger partial charge >= 0.3 is 5.97 Å². The number of fused-ring (bicyclic) bond motifs is 1. The fourth-order valence-electron chi connectivity index (χ4n) is 2.67. The maximum Gasteiger partial charge on any atom is 0.338 e. The van der Waals surface area contributed by atoms with Crippen molar-refractivity contribution in [2.45, 2.75) is 26.9 Å². The highest BCUT2D eigenvalue weighted by atomic mass is 19.1. The van der Waals surface area contributed by atoms with Crippen LogP contribution in [0.25, 0.3) is 10.9 Å². The Morgan fingerprint density at radius 1 is 1.04 bits per heavy atom. The summed E-state index contributed by atoms with van der Waals surface area (Å²) in [6, 6.07) is 12.0. The van der Waals surface area contributed by atoms with Gasteiger partial charge in [0.25, 0.3) is 5.91 Å². The van der Waals surface area contributed by atoms with Gasteiger partial charge in [-0.2, -0.15) is 0 Å². The summed E-state index contributed by atoms with van der Waals surface area (Å²) >= 11 is 0. The highest BCUT2D eigenvalue weighted by Gasteiger charge is 2.14. The third-order valence-corrected chi connectivity index (χ3v) is 3.87. The number of benzene rings is 2. The second kappa shape index (κ2) is 7.53. The molecule has 3 rings (SSSR count). The molecule has 1 aromatic heterocycles. The number of pyridine rings is 1. The lowest BCUT2D eigenvalue weighted by atomic mass is 10.1. The van der Waals surface area contributed by atoms with Crippen LogP contribution in [0.5, 0.6) is 0 Å². The van der Waals surface area contributed by atoms with E-state index in [0.29, 0.717) is 27.7 Å². The first-order valence-electron chi connectivity index (χ1n) is 8.53. The molecule has 1 amide bonds. The van der Waals surface area contributed by atoms with Gasteiger partial charge in [-0.1, -0.05) is 0 Å². The monoisotopic (exact) mass is 366 g/mol. The van der Waals surface area contributed by atoms with E-state index >= 15 is 0 Å². The zero-order chi connectivity index (χ0) is 19.6. The molecule has 1 heterocycles. The van der Waals surface area contributed by atoms with Gasteiger partial charge in [-0.05, 0) is 69.3 Å². The molecule has 27 heavy (non-hydrogen) atoms. The molecule has 3 aromatic rings. The van der Waals surface area contributed by atoms with Crippen LogP contribution in [0.4, 0.5) is 10.1 Å². The largest absolute Gasteiger partial charge is 0.459 e.